The molecule has 0 atom stereocenters. The van der Waals surface area contributed by atoms with Gasteiger partial charge in [-0.15, -0.1) is 0 Å². The third-order valence-corrected chi connectivity index (χ3v) is 7.16. The topological polar surface area (TPSA) is 141 Å². The molecule has 4 aromatic rings. The van der Waals surface area contributed by atoms with E-state index in [1.807, 2.05) is 41.1 Å². The van der Waals surface area contributed by atoms with E-state index in [-0.39, 0.29) is 34.4 Å². The summed E-state index contributed by atoms with van der Waals surface area (Å²) in [6.45, 7) is 0.481. The first-order valence-corrected chi connectivity index (χ1v) is 14.1. The quantitative estimate of drug-likeness (QED) is 0.200. The van der Waals surface area contributed by atoms with E-state index in [9.17, 15) is 22.8 Å². The summed E-state index contributed by atoms with van der Waals surface area (Å²) in [6, 6.07) is 26.6. The average Bonchev–Trinajstić information content (AvgIpc) is 2.99. The lowest BCUT2D eigenvalue weighted by atomic mass is 10.1. The first-order valence-electron chi connectivity index (χ1n) is 12.6. The summed E-state index contributed by atoms with van der Waals surface area (Å²) in [5, 5.41) is 2.81. The van der Waals surface area contributed by atoms with Gasteiger partial charge >= 0.3 is 6.16 Å². The van der Waals surface area contributed by atoms with Gasteiger partial charge in [0.1, 0.15) is 6.61 Å². The summed E-state index contributed by atoms with van der Waals surface area (Å²) < 4.78 is 37.3. The monoisotopic (exact) mass is 573 g/mol. The van der Waals surface area contributed by atoms with Gasteiger partial charge in [-0.05, 0) is 54.3 Å². The minimum absolute atomic E-state index is 0.0123. The van der Waals surface area contributed by atoms with Gasteiger partial charge in [0.15, 0.2) is 0 Å². The van der Waals surface area contributed by atoms with Crippen molar-refractivity contribution >= 4 is 28.0 Å². The highest BCUT2D eigenvalue weighted by atomic mass is 32.2. The first kappa shape index (κ1) is 29.0. The zero-order valence-electron chi connectivity index (χ0n) is 21.9. The van der Waals surface area contributed by atoms with Crippen molar-refractivity contribution in [2.24, 2.45) is 0 Å². The molecule has 210 valence electrons. The molecular weight excluding hydrogens is 546 g/mol. The Bertz CT molecular complexity index is 1580. The zero-order chi connectivity index (χ0) is 29.1. The van der Waals surface area contributed by atoms with Gasteiger partial charge in [0.05, 0.1) is 10.5 Å². The van der Waals surface area contributed by atoms with Crippen LogP contribution in [0, 0.1) is 0 Å². The Hall–Kier alpha value is -5.03. The molecular formula is C30H27N3O7S. The van der Waals surface area contributed by atoms with Crippen LogP contribution < -0.4 is 14.8 Å². The Morgan fingerprint density at radius 2 is 1.37 bits per heavy atom. The molecule has 0 saturated heterocycles. The Labute approximate surface area is 237 Å². The molecule has 4 rings (SSSR count). The fourth-order valence-electron chi connectivity index (χ4n) is 3.67. The van der Waals surface area contributed by atoms with Crippen molar-refractivity contribution < 1.29 is 32.3 Å². The number of carbonyl (C=O) groups is 3. The van der Waals surface area contributed by atoms with E-state index in [1.54, 1.807) is 24.3 Å². The van der Waals surface area contributed by atoms with Crippen molar-refractivity contribution in [2.75, 3.05) is 6.54 Å². The maximum absolute atomic E-state index is 12.7. The Balaban J connectivity index is 1.25. The molecule has 1 heterocycles. The van der Waals surface area contributed by atoms with E-state index in [1.165, 1.54) is 42.0 Å². The zero-order valence-corrected chi connectivity index (χ0v) is 22.7. The van der Waals surface area contributed by atoms with E-state index in [0.29, 0.717) is 6.54 Å². The minimum atomic E-state index is -4.23. The molecule has 0 aliphatic heterocycles. The van der Waals surface area contributed by atoms with Gasteiger partial charge in [0.2, 0.25) is 5.88 Å². The standard InChI is InChI=1S/C30H27N3O7S/c34-28(31-19-7-12-22-8-3-1-4-9-22)24-13-16-26(17-14-24)41(37,38)33-29(35)25-15-18-27(32-20-25)40-30(36)39-21-23-10-5-2-6-11-23/h1-6,8-11,13-18,20H,7,12,19,21H2,(H,31,34)(H,33,35). The second-order valence-electron chi connectivity index (χ2n) is 8.82. The van der Waals surface area contributed by atoms with Gasteiger partial charge in [-0.1, -0.05) is 60.7 Å². The van der Waals surface area contributed by atoms with Crippen molar-refractivity contribution in [1.29, 1.82) is 0 Å². The maximum atomic E-state index is 12.7. The van der Waals surface area contributed by atoms with Crippen LogP contribution in [0.4, 0.5) is 4.79 Å². The molecule has 3 aromatic carbocycles. The SMILES string of the molecule is O=C(OCc1ccccc1)Oc1ccc(C(=O)NS(=O)(=O)c2ccc(C(=O)NCCCc3ccccc3)cc2)cn1. The normalized spacial score (nSPS) is 10.8. The smallest absolute Gasteiger partial charge is 0.429 e. The average molecular weight is 574 g/mol. The van der Waals surface area contributed by atoms with Crippen LogP contribution in [0.3, 0.4) is 0 Å². The number of aryl methyl sites for hydroxylation is 1. The van der Waals surface area contributed by atoms with Gasteiger partial charge in [-0.25, -0.2) is 22.9 Å². The number of benzene rings is 3. The number of nitrogens with one attached hydrogen (secondary N) is 2. The number of pyridine rings is 1. The second-order valence-corrected chi connectivity index (χ2v) is 10.5. The molecule has 41 heavy (non-hydrogen) atoms. The molecule has 0 radical (unpaired) electrons. The molecule has 0 bridgehead atoms. The number of rotatable bonds is 11. The van der Waals surface area contributed by atoms with Gasteiger partial charge in [0, 0.05) is 24.4 Å². The Morgan fingerprint density at radius 3 is 2.00 bits per heavy atom. The summed E-state index contributed by atoms with van der Waals surface area (Å²) in [5.74, 6) is -1.39. The van der Waals surface area contributed by atoms with E-state index in [4.69, 9.17) is 9.47 Å². The van der Waals surface area contributed by atoms with Gasteiger partial charge in [-0.2, -0.15) is 0 Å². The van der Waals surface area contributed by atoms with Crippen LogP contribution in [0.25, 0.3) is 0 Å². The lowest BCUT2D eigenvalue weighted by Crippen LogP contribution is -2.30. The molecule has 0 aliphatic rings. The molecule has 0 unspecified atom stereocenters. The first-order chi connectivity index (χ1) is 19.8. The molecule has 10 nitrogen and oxygen atoms in total. The highest BCUT2D eigenvalue weighted by molar-refractivity contribution is 7.90. The van der Waals surface area contributed by atoms with Crippen LogP contribution in [-0.4, -0.2) is 37.9 Å². The van der Waals surface area contributed by atoms with Crippen molar-refractivity contribution in [3.05, 3.63) is 126 Å². The summed E-state index contributed by atoms with van der Waals surface area (Å²) in [4.78, 5) is 40.4. The van der Waals surface area contributed by atoms with E-state index < -0.39 is 22.1 Å². The van der Waals surface area contributed by atoms with E-state index in [0.717, 1.165) is 24.6 Å². The lowest BCUT2D eigenvalue weighted by Gasteiger charge is -2.09. The molecule has 0 aliphatic carbocycles. The molecule has 11 heteroatoms. The summed E-state index contributed by atoms with van der Waals surface area (Å²) in [7, 11) is -4.23. The third-order valence-electron chi connectivity index (χ3n) is 5.81. The second kappa shape index (κ2) is 13.9. The number of carbonyl (C=O) groups excluding carboxylic acids is 3. The van der Waals surface area contributed by atoms with Crippen LogP contribution in [0.1, 0.15) is 38.3 Å². The largest absolute Gasteiger partial charge is 0.515 e. The van der Waals surface area contributed by atoms with E-state index in [2.05, 4.69) is 10.3 Å². The number of nitrogens with zero attached hydrogens (tertiary/aromatic N) is 1. The number of hydrogen-bond acceptors (Lipinski definition) is 8. The highest BCUT2D eigenvalue weighted by Crippen LogP contribution is 2.14. The van der Waals surface area contributed by atoms with Crippen LogP contribution >= 0.6 is 0 Å². The lowest BCUT2D eigenvalue weighted by molar-refractivity contribution is 0.0910. The minimum Gasteiger partial charge on any atom is -0.429 e. The third kappa shape index (κ3) is 8.73. The molecule has 2 amide bonds. The molecule has 0 spiro atoms. The van der Waals surface area contributed by atoms with Gasteiger partial charge in [0.25, 0.3) is 21.8 Å². The number of sulfonamides is 1. The van der Waals surface area contributed by atoms with Gasteiger partial charge < -0.3 is 14.8 Å². The highest BCUT2D eigenvalue weighted by Gasteiger charge is 2.20. The Morgan fingerprint density at radius 1 is 0.732 bits per heavy atom. The van der Waals surface area contributed by atoms with Crippen LogP contribution in [-0.2, 0) is 27.8 Å². The summed E-state index contributed by atoms with van der Waals surface area (Å²) in [6.07, 6.45) is 1.67. The fraction of sp³-hybridized carbons (Fsp3) is 0.133. The van der Waals surface area contributed by atoms with Crippen LogP contribution in [0.5, 0.6) is 5.88 Å². The number of ether oxygens (including phenoxy) is 2. The van der Waals surface area contributed by atoms with Crippen LogP contribution in [0.2, 0.25) is 0 Å². The number of amides is 2. The summed E-state index contributed by atoms with van der Waals surface area (Å²) >= 11 is 0. The predicted octanol–water partition coefficient (Wildman–Crippen LogP) is 4.28. The van der Waals surface area contributed by atoms with Crippen molar-refractivity contribution in [1.82, 2.24) is 15.0 Å². The maximum Gasteiger partial charge on any atom is 0.515 e. The molecule has 1 aromatic heterocycles. The van der Waals surface area contributed by atoms with Crippen molar-refractivity contribution in [3.8, 4) is 5.88 Å². The predicted molar refractivity (Wildman–Crippen MR) is 150 cm³/mol. The number of aromatic nitrogens is 1. The molecule has 0 fully saturated rings. The van der Waals surface area contributed by atoms with Crippen molar-refractivity contribution in [2.45, 2.75) is 24.3 Å². The number of hydrogen-bond donors (Lipinski definition) is 2. The van der Waals surface area contributed by atoms with Gasteiger partial charge in [-0.3, -0.25) is 9.59 Å². The fourth-order valence-corrected chi connectivity index (χ4v) is 4.65. The van der Waals surface area contributed by atoms with Crippen molar-refractivity contribution in [3.63, 3.8) is 0 Å². The Kier molecular flexibility index (Phi) is 9.79. The molecule has 2 N–H and O–H groups in total. The van der Waals surface area contributed by atoms with E-state index >= 15 is 0 Å². The summed E-state index contributed by atoms with van der Waals surface area (Å²) in [5.41, 5.74) is 2.16. The van der Waals surface area contributed by atoms with Crippen LogP contribution in [0.15, 0.2) is 108 Å². The molecule has 0 saturated carbocycles.